The van der Waals surface area contributed by atoms with Gasteiger partial charge in [0.05, 0.1) is 24.2 Å². The molecular weight excluding hydrogens is 288 g/mol. The van der Waals surface area contributed by atoms with Crippen LogP contribution in [-0.4, -0.2) is 40.0 Å². The molecule has 1 aromatic carbocycles. The Bertz CT molecular complexity index is 730. The maximum absolute atomic E-state index is 12.6. The number of carbonyl (C=O) groups excluding carboxylic acids is 2. The van der Waals surface area contributed by atoms with Gasteiger partial charge in [0, 0.05) is 23.1 Å². The first-order valence-corrected chi connectivity index (χ1v) is 6.91. The average molecular weight is 302 g/mol. The first-order valence-electron chi connectivity index (χ1n) is 6.91. The Hall–Kier alpha value is -2.47. The molecule has 114 valence electrons. The maximum Gasteiger partial charge on any atom is 0.305 e. The molecular formula is C16H14O6. The van der Waals surface area contributed by atoms with E-state index in [-0.39, 0.29) is 41.1 Å². The molecule has 3 rings (SSSR count). The van der Waals surface area contributed by atoms with Crippen LogP contribution in [0.3, 0.4) is 0 Å². The number of hydrogen-bond acceptors (Lipinski definition) is 5. The molecule has 2 aliphatic rings. The molecule has 0 unspecified atom stereocenters. The summed E-state index contributed by atoms with van der Waals surface area (Å²) in [6.07, 6.45) is -1.46. The second-order valence-corrected chi connectivity index (χ2v) is 5.45. The number of carboxylic acids is 1. The van der Waals surface area contributed by atoms with Crippen LogP contribution >= 0.6 is 0 Å². The summed E-state index contributed by atoms with van der Waals surface area (Å²) in [5, 5.41) is 18.8. The van der Waals surface area contributed by atoms with Crippen molar-refractivity contribution >= 4 is 17.5 Å². The van der Waals surface area contributed by atoms with E-state index in [1.807, 2.05) is 0 Å². The Morgan fingerprint density at radius 3 is 2.73 bits per heavy atom. The second-order valence-electron chi connectivity index (χ2n) is 5.45. The van der Waals surface area contributed by atoms with Gasteiger partial charge in [-0.2, -0.15) is 0 Å². The molecule has 0 saturated carbocycles. The van der Waals surface area contributed by atoms with Gasteiger partial charge in [-0.15, -0.1) is 0 Å². The van der Waals surface area contributed by atoms with Crippen molar-refractivity contribution in [1.29, 1.82) is 0 Å². The predicted molar refractivity (Wildman–Crippen MR) is 75.0 cm³/mol. The first kappa shape index (κ1) is 14.5. The predicted octanol–water partition coefficient (Wildman–Crippen LogP) is 1.72. The number of fused-ring (bicyclic) bond motifs is 1. The number of ketones is 2. The Balaban J connectivity index is 2.08. The van der Waals surface area contributed by atoms with E-state index in [0.717, 1.165) is 0 Å². The first-order chi connectivity index (χ1) is 10.4. The molecule has 0 bridgehead atoms. The summed E-state index contributed by atoms with van der Waals surface area (Å²) >= 11 is 0. The highest BCUT2D eigenvalue weighted by Crippen LogP contribution is 2.39. The Kier molecular flexibility index (Phi) is 3.33. The number of hydrogen-bond donors (Lipinski definition) is 2. The highest BCUT2D eigenvalue weighted by molar-refractivity contribution is 6.28. The molecule has 6 heteroatoms. The highest BCUT2D eigenvalue weighted by Gasteiger charge is 2.41. The standard InChI is InChI=1S/C16H14O6/c1-7-13-10(5-8(22-7)6-12(18)19)15(20)9-3-2-4-11(17)14(9)16(13)21/h2-4,7-8,17H,5-6H2,1H3,(H,18,19)/t7-,8+/m0/s1. The van der Waals surface area contributed by atoms with Crippen molar-refractivity contribution < 1.29 is 29.3 Å². The Morgan fingerprint density at radius 1 is 1.32 bits per heavy atom. The number of Topliss-reactive ketones (excluding diaryl/α,β-unsaturated/α-hetero) is 2. The lowest BCUT2D eigenvalue weighted by molar-refractivity contribution is -0.141. The lowest BCUT2D eigenvalue weighted by atomic mass is 9.78. The number of carboxylic acid groups (broad SMARTS) is 1. The van der Waals surface area contributed by atoms with Crippen molar-refractivity contribution in [1.82, 2.24) is 0 Å². The van der Waals surface area contributed by atoms with E-state index in [1.165, 1.54) is 18.2 Å². The minimum atomic E-state index is -1.02. The molecule has 0 radical (unpaired) electrons. The SMILES string of the molecule is C[C@@H]1O[C@@H](CC(=O)O)CC2=C1C(=O)c1c(O)cccc1C2=O. The Morgan fingerprint density at radius 2 is 2.05 bits per heavy atom. The van der Waals surface area contributed by atoms with Gasteiger partial charge < -0.3 is 14.9 Å². The van der Waals surface area contributed by atoms with Crippen LogP contribution in [0.25, 0.3) is 0 Å². The zero-order chi connectivity index (χ0) is 16.0. The van der Waals surface area contributed by atoms with Gasteiger partial charge in [0.1, 0.15) is 5.75 Å². The number of aliphatic carboxylic acids is 1. The number of ether oxygens (including phenoxy) is 1. The van der Waals surface area contributed by atoms with Crippen molar-refractivity contribution in [3.63, 3.8) is 0 Å². The summed E-state index contributed by atoms with van der Waals surface area (Å²) in [5.41, 5.74) is 0.680. The average Bonchev–Trinajstić information content (AvgIpc) is 2.43. The number of aromatic hydroxyl groups is 1. The van der Waals surface area contributed by atoms with E-state index < -0.39 is 24.0 Å². The van der Waals surface area contributed by atoms with Gasteiger partial charge in [-0.05, 0) is 13.0 Å². The van der Waals surface area contributed by atoms with Crippen LogP contribution < -0.4 is 0 Å². The zero-order valence-corrected chi connectivity index (χ0v) is 11.8. The van der Waals surface area contributed by atoms with Gasteiger partial charge in [-0.25, -0.2) is 0 Å². The second kappa shape index (κ2) is 5.06. The van der Waals surface area contributed by atoms with E-state index in [4.69, 9.17) is 9.84 Å². The summed E-state index contributed by atoms with van der Waals surface area (Å²) in [5.74, 6) is -2.02. The normalized spacial score (nSPS) is 24.0. The fourth-order valence-electron chi connectivity index (χ4n) is 3.10. The van der Waals surface area contributed by atoms with E-state index in [2.05, 4.69) is 0 Å². The van der Waals surface area contributed by atoms with E-state index in [9.17, 15) is 19.5 Å². The van der Waals surface area contributed by atoms with Crippen LogP contribution in [0, 0.1) is 0 Å². The lowest BCUT2D eigenvalue weighted by Crippen LogP contribution is -2.38. The van der Waals surface area contributed by atoms with Gasteiger partial charge in [0.2, 0.25) is 0 Å². The van der Waals surface area contributed by atoms with Gasteiger partial charge >= 0.3 is 5.97 Å². The molecule has 0 amide bonds. The van der Waals surface area contributed by atoms with Crippen molar-refractivity contribution in [2.24, 2.45) is 0 Å². The van der Waals surface area contributed by atoms with Crippen molar-refractivity contribution in [3.8, 4) is 5.75 Å². The van der Waals surface area contributed by atoms with Gasteiger partial charge in [-0.3, -0.25) is 14.4 Å². The summed E-state index contributed by atoms with van der Waals surface area (Å²) in [6.45, 7) is 1.61. The van der Waals surface area contributed by atoms with Crippen LogP contribution in [0.1, 0.15) is 40.5 Å². The minimum Gasteiger partial charge on any atom is -0.507 e. The minimum absolute atomic E-state index is 0.00150. The molecule has 1 heterocycles. The lowest BCUT2D eigenvalue weighted by Gasteiger charge is -2.33. The van der Waals surface area contributed by atoms with Gasteiger partial charge in [-0.1, -0.05) is 12.1 Å². The Labute approximate surface area is 126 Å². The molecule has 0 aromatic heterocycles. The maximum atomic E-state index is 12.6. The number of carbonyl (C=O) groups is 3. The summed E-state index contributed by atoms with van der Waals surface area (Å²) < 4.78 is 5.55. The molecule has 6 nitrogen and oxygen atoms in total. The molecule has 0 spiro atoms. The largest absolute Gasteiger partial charge is 0.507 e. The van der Waals surface area contributed by atoms with E-state index in [0.29, 0.717) is 5.57 Å². The van der Waals surface area contributed by atoms with Crippen LogP contribution in [0.15, 0.2) is 29.3 Å². The van der Waals surface area contributed by atoms with Crippen LogP contribution in [0.5, 0.6) is 5.75 Å². The molecule has 1 aromatic rings. The number of rotatable bonds is 2. The smallest absolute Gasteiger partial charge is 0.305 e. The fraction of sp³-hybridized carbons (Fsp3) is 0.312. The number of phenolic OH excluding ortho intramolecular Hbond substituents is 1. The quantitative estimate of drug-likeness (QED) is 0.862. The molecule has 2 N–H and O–H groups in total. The summed E-state index contributed by atoms with van der Waals surface area (Å²) in [6, 6.07) is 4.35. The third kappa shape index (κ3) is 2.12. The number of benzene rings is 1. The molecule has 1 aliphatic heterocycles. The molecule has 0 fully saturated rings. The van der Waals surface area contributed by atoms with E-state index in [1.54, 1.807) is 6.92 Å². The monoisotopic (exact) mass is 302 g/mol. The summed E-state index contributed by atoms with van der Waals surface area (Å²) in [7, 11) is 0. The van der Waals surface area contributed by atoms with Crippen LogP contribution in [0.2, 0.25) is 0 Å². The number of phenols is 1. The molecule has 2 atom stereocenters. The van der Waals surface area contributed by atoms with Gasteiger partial charge in [0.15, 0.2) is 11.6 Å². The van der Waals surface area contributed by atoms with Crippen LogP contribution in [0.4, 0.5) is 0 Å². The molecule has 0 saturated heterocycles. The van der Waals surface area contributed by atoms with Crippen molar-refractivity contribution in [3.05, 3.63) is 40.5 Å². The third-order valence-electron chi connectivity index (χ3n) is 4.00. The van der Waals surface area contributed by atoms with Gasteiger partial charge in [0.25, 0.3) is 0 Å². The van der Waals surface area contributed by atoms with E-state index >= 15 is 0 Å². The van der Waals surface area contributed by atoms with Crippen molar-refractivity contribution in [2.45, 2.75) is 32.0 Å². The highest BCUT2D eigenvalue weighted by atomic mass is 16.5. The third-order valence-corrected chi connectivity index (χ3v) is 4.00. The topological polar surface area (TPSA) is 101 Å². The zero-order valence-electron chi connectivity index (χ0n) is 11.8. The van der Waals surface area contributed by atoms with Crippen molar-refractivity contribution in [2.75, 3.05) is 0 Å². The molecule has 1 aliphatic carbocycles. The summed E-state index contributed by atoms with van der Waals surface area (Å²) in [4.78, 5) is 36.0. The van der Waals surface area contributed by atoms with Crippen LogP contribution in [-0.2, 0) is 9.53 Å². The molecule has 22 heavy (non-hydrogen) atoms. The fourth-order valence-corrected chi connectivity index (χ4v) is 3.10.